The maximum atomic E-state index is 12.0. The highest BCUT2D eigenvalue weighted by Crippen LogP contribution is 2.45. The van der Waals surface area contributed by atoms with Gasteiger partial charge in [0.15, 0.2) is 11.4 Å². The van der Waals surface area contributed by atoms with Crippen LogP contribution in [0.4, 0.5) is 17.2 Å². The van der Waals surface area contributed by atoms with Crippen LogP contribution in [0.3, 0.4) is 0 Å². The molecule has 8 rings (SSSR count). The lowest BCUT2D eigenvalue weighted by Crippen LogP contribution is -2.12. The summed E-state index contributed by atoms with van der Waals surface area (Å²) in [4.78, 5) is 17.1. The van der Waals surface area contributed by atoms with Gasteiger partial charge < -0.3 is 9.52 Å². The third kappa shape index (κ3) is 5.57. The molecule has 5 aromatic carbocycles. The molecule has 6 heteroatoms. The summed E-state index contributed by atoms with van der Waals surface area (Å²) in [6.45, 7) is 6.32. The first kappa shape index (κ1) is 30.1. The van der Waals surface area contributed by atoms with Gasteiger partial charge in [-0.2, -0.15) is 0 Å². The van der Waals surface area contributed by atoms with E-state index in [-0.39, 0.29) is 11.2 Å². The molecule has 0 radical (unpaired) electrons. The summed E-state index contributed by atoms with van der Waals surface area (Å²) < 4.78 is 6.48. The van der Waals surface area contributed by atoms with Crippen LogP contribution >= 0.6 is 0 Å². The first-order valence-electron chi connectivity index (χ1n) is 16.3. The van der Waals surface area contributed by atoms with Crippen molar-refractivity contribution in [1.29, 1.82) is 0 Å². The Morgan fingerprint density at radius 1 is 0.633 bits per heavy atom. The van der Waals surface area contributed by atoms with Crippen LogP contribution in [-0.2, 0) is 5.41 Å². The fourth-order valence-electron chi connectivity index (χ4n) is 6.35. The molecule has 0 fully saturated rings. The van der Waals surface area contributed by atoms with Crippen molar-refractivity contribution in [2.45, 2.75) is 26.2 Å². The van der Waals surface area contributed by atoms with E-state index in [2.05, 4.69) is 73.1 Å². The van der Waals surface area contributed by atoms with Gasteiger partial charge in [-0.15, -0.1) is 0 Å². The van der Waals surface area contributed by atoms with Gasteiger partial charge in [-0.3, -0.25) is 4.90 Å². The second-order valence-corrected chi connectivity index (χ2v) is 13.1. The molecule has 0 saturated carbocycles. The van der Waals surface area contributed by atoms with Crippen molar-refractivity contribution in [2.24, 2.45) is 0 Å². The van der Waals surface area contributed by atoms with Crippen LogP contribution in [0, 0.1) is 0 Å². The minimum absolute atomic E-state index is 0.178. The molecule has 238 valence electrons. The third-order valence-electron chi connectivity index (χ3n) is 8.76. The van der Waals surface area contributed by atoms with Crippen LogP contribution in [0.2, 0.25) is 0 Å². The molecule has 8 aromatic rings. The van der Waals surface area contributed by atoms with Crippen molar-refractivity contribution < 1.29 is 9.52 Å². The maximum absolute atomic E-state index is 12.0. The number of aromatic nitrogens is 3. The normalized spacial score (nSPS) is 11.7. The minimum Gasteiger partial charge on any atom is -0.507 e. The summed E-state index contributed by atoms with van der Waals surface area (Å²) in [6, 6.07) is 46.4. The number of anilines is 3. The SMILES string of the molecule is CC(C)(C)c1cc(-c2ccccc2)cc(-c2nc(-c3cccc(N(c4ccccc4)c4ccccn4)c3)nc3c2oc2ccccc23)c1O. The van der Waals surface area contributed by atoms with E-state index in [4.69, 9.17) is 14.4 Å². The van der Waals surface area contributed by atoms with E-state index < -0.39 is 0 Å². The molecule has 1 N–H and O–H groups in total. The standard InChI is InChI=1S/C43H34N4O2/c1-43(2,3)35-27-30(28-15-6-4-7-16-28)26-34(40(35)48)39-41-38(33-21-10-11-22-36(33)49-41)45-42(46-39)29-17-14-20-32(25-29)47(31-18-8-5-9-19-31)37-23-12-13-24-44-37/h4-27,48H,1-3H3. The highest BCUT2D eigenvalue weighted by Gasteiger charge is 2.26. The van der Waals surface area contributed by atoms with E-state index in [1.165, 1.54) is 0 Å². The first-order chi connectivity index (χ1) is 23.8. The summed E-state index contributed by atoms with van der Waals surface area (Å²) in [5.41, 5.74) is 8.27. The number of hydrogen-bond donors (Lipinski definition) is 1. The van der Waals surface area contributed by atoms with E-state index in [9.17, 15) is 5.11 Å². The van der Waals surface area contributed by atoms with E-state index in [1.807, 2.05) is 97.1 Å². The second-order valence-electron chi connectivity index (χ2n) is 13.1. The van der Waals surface area contributed by atoms with Crippen LogP contribution in [0.5, 0.6) is 5.75 Å². The summed E-state index contributed by atoms with van der Waals surface area (Å²) in [5, 5.41) is 12.9. The van der Waals surface area contributed by atoms with Gasteiger partial charge in [-0.1, -0.05) is 99.6 Å². The summed E-state index contributed by atoms with van der Waals surface area (Å²) in [7, 11) is 0. The Bertz CT molecular complexity index is 2390. The van der Waals surface area contributed by atoms with Crippen molar-refractivity contribution in [3.05, 3.63) is 151 Å². The predicted octanol–water partition coefficient (Wildman–Crippen LogP) is 11.2. The van der Waals surface area contributed by atoms with Gasteiger partial charge in [0.2, 0.25) is 0 Å². The Kier molecular flexibility index (Phi) is 7.41. The predicted molar refractivity (Wildman–Crippen MR) is 198 cm³/mol. The van der Waals surface area contributed by atoms with Gasteiger partial charge in [0.05, 0.1) is 0 Å². The number of benzene rings is 5. The monoisotopic (exact) mass is 638 g/mol. The van der Waals surface area contributed by atoms with E-state index in [1.54, 1.807) is 6.20 Å². The molecule has 0 amide bonds. The molecule has 6 nitrogen and oxygen atoms in total. The number of phenolic OH excluding ortho intramolecular Hbond substituents is 1. The largest absolute Gasteiger partial charge is 0.507 e. The number of aromatic hydroxyl groups is 1. The topological polar surface area (TPSA) is 75.3 Å². The molecule has 0 aliphatic rings. The molecule has 0 spiro atoms. The lowest BCUT2D eigenvalue weighted by Gasteiger charge is -2.24. The molecule has 3 heterocycles. The summed E-state index contributed by atoms with van der Waals surface area (Å²) >= 11 is 0. The molecule has 0 atom stereocenters. The van der Waals surface area contributed by atoms with Crippen LogP contribution in [-0.4, -0.2) is 20.1 Å². The first-order valence-corrected chi connectivity index (χ1v) is 16.3. The number of hydrogen-bond acceptors (Lipinski definition) is 6. The van der Waals surface area contributed by atoms with E-state index >= 15 is 0 Å². The maximum Gasteiger partial charge on any atom is 0.180 e. The number of para-hydroxylation sites is 2. The number of rotatable bonds is 6. The average Bonchev–Trinajstić information content (AvgIpc) is 3.51. The Balaban J connectivity index is 1.38. The lowest BCUT2D eigenvalue weighted by atomic mass is 9.82. The lowest BCUT2D eigenvalue weighted by molar-refractivity contribution is 0.448. The van der Waals surface area contributed by atoms with E-state index in [0.29, 0.717) is 33.8 Å². The molecule has 0 saturated heterocycles. The Hall–Kier alpha value is -6.27. The van der Waals surface area contributed by atoms with Crippen molar-refractivity contribution in [2.75, 3.05) is 4.90 Å². The highest BCUT2D eigenvalue weighted by molar-refractivity contribution is 6.07. The van der Waals surface area contributed by atoms with Crippen LogP contribution in [0.1, 0.15) is 26.3 Å². The summed E-state index contributed by atoms with van der Waals surface area (Å²) in [6.07, 6.45) is 1.80. The van der Waals surface area contributed by atoms with Crippen LogP contribution in [0.25, 0.3) is 55.8 Å². The number of fused-ring (bicyclic) bond motifs is 3. The number of phenols is 1. The summed E-state index contributed by atoms with van der Waals surface area (Å²) in [5.74, 6) is 1.49. The third-order valence-corrected chi connectivity index (χ3v) is 8.76. The molecule has 49 heavy (non-hydrogen) atoms. The van der Waals surface area contributed by atoms with Crippen LogP contribution in [0.15, 0.2) is 150 Å². The molecule has 0 aliphatic carbocycles. The Morgan fingerprint density at radius 2 is 1.33 bits per heavy atom. The quantitative estimate of drug-likeness (QED) is 0.195. The molecule has 0 unspecified atom stereocenters. The van der Waals surface area contributed by atoms with Crippen molar-refractivity contribution >= 4 is 39.3 Å². The van der Waals surface area contributed by atoms with Crippen molar-refractivity contribution in [3.8, 4) is 39.5 Å². The fraction of sp³-hybridized carbons (Fsp3) is 0.0930. The van der Waals surface area contributed by atoms with Crippen molar-refractivity contribution in [3.63, 3.8) is 0 Å². The van der Waals surface area contributed by atoms with Crippen LogP contribution < -0.4 is 4.90 Å². The molecular weight excluding hydrogens is 604 g/mol. The van der Waals surface area contributed by atoms with Gasteiger partial charge in [0, 0.05) is 39.6 Å². The Morgan fingerprint density at radius 3 is 2.08 bits per heavy atom. The molecule has 0 aliphatic heterocycles. The fourth-order valence-corrected chi connectivity index (χ4v) is 6.35. The zero-order chi connectivity index (χ0) is 33.5. The van der Waals surface area contributed by atoms with Gasteiger partial charge in [0.25, 0.3) is 0 Å². The van der Waals surface area contributed by atoms with Gasteiger partial charge in [0.1, 0.15) is 28.4 Å². The number of pyridine rings is 1. The van der Waals surface area contributed by atoms with Gasteiger partial charge >= 0.3 is 0 Å². The number of nitrogens with zero attached hydrogens (tertiary/aromatic N) is 4. The smallest absolute Gasteiger partial charge is 0.180 e. The Labute approximate surface area is 285 Å². The van der Waals surface area contributed by atoms with Crippen molar-refractivity contribution in [1.82, 2.24) is 15.0 Å². The van der Waals surface area contributed by atoms with E-state index in [0.717, 1.165) is 44.8 Å². The molecule has 0 bridgehead atoms. The zero-order valence-electron chi connectivity index (χ0n) is 27.5. The highest BCUT2D eigenvalue weighted by atomic mass is 16.3. The number of furan rings is 1. The molecule has 3 aromatic heterocycles. The average molecular weight is 639 g/mol. The minimum atomic E-state index is -0.340. The molecular formula is C43H34N4O2. The van der Waals surface area contributed by atoms with Gasteiger partial charge in [-0.05, 0) is 77.2 Å². The zero-order valence-corrected chi connectivity index (χ0v) is 27.5. The second kappa shape index (κ2) is 12.1. The van der Waals surface area contributed by atoms with Gasteiger partial charge in [-0.25, -0.2) is 15.0 Å².